The first kappa shape index (κ1) is 48.8. The molecule has 358 valence electrons. The van der Waals surface area contributed by atoms with Gasteiger partial charge in [0.25, 0.3) is 0 Å². The van der Waals surface area contributed by atoms with Crippen LogP contribution < -0.4 is 35.8 Å². The summed E-state index contributed by atoms with van der Waals surface area (Å²) < 4.78 is 14.2. The molecule has 2 aromatic carbocycles. The van der Waals surface area contributed by atoms with Crippen LogP contribution in [0.1, 0.15) is 137 Å². The lowest BCUT2D eigenvalue weighted by Gasteiger charge is -2.53. The van der Waals surface area contributed by atoms with Gasteiger partial charge in [-0.15, -0.1) is 0 Å². The average molecular weight is 908 g/mol. The Balaban J connectivity index is 1.12. The molecule has 0 atom stereocenters. The number of likely N-dealkylation sites (N-methyl/N-ethyl adjacent to an activating group) is 2. The second kappa shape index (κ2) is 18.2. The average Bonchev–Trinajstić information content (AvgIpc) is 3.82. The molecule has 0 radical (unpaired) electrons. The number of hydrogen-bond acceptors (Lipinski definition) is 11. The quantitative estimate of drug-likeness (QED) is 0.109. The van der Waals surface area contributed by atoms with Crippen LogP contribution in [0.5, 0.6) is 0 Å². The van der Waals surface area contributed by atoms with Gasteiger partial charge >= 0.3 is 5.97 Å². The third-order valence-corrected chi connectivity index (χ3v) is 15.5. The summed E-state index contributed by atoms with van der Waals surface area (Å²) in [5, 5.41) is 30.3. The second-order valence-electron chi connectivity index (χ2n) is 21.7. The Morgan fingerprint density at radius 2 is 1.30 bits per heavy atom. The number of anilines is 3. The van der Waals surface area contributed by atoms with Gasteiger partial charge in [-0.2, -0.15) is 0 Å². The number of esters is 1. The predicted octanol–water partition coefficient (Wildman–Crippen LogP) is 4.92. The van der Waals surface area contributed by atoms with Gasteiger partial charge in [-0.3, -0.25) is 34.4 Å². The minimum Gasteiger partial charge on any atom is -0.871 e. The molecule has 4 heterocycles. The zero-order chi connectivity index (χ0) is 48.3. The molecule has 0 bridgehead atoms. The van der Waals surface area contributed by atoms with E-state index in [1.54, 1.807) is 0 Å². The highest BCUT2D eigenvalue weighted by Gasteiger charge is 2.46. The molecule has 2 amide bonds. The van der Waals surface area contributed by atoms with Gasteiger partial charge in [-0.05, 0) is 114 Å². The second-order valence-corrected chi connectivity index (χ2v) is 21.7. The van der Waals surface area contributed by atoms with Gasteiger partial charge in [0.2, 0.25) is 17.2 Å². The third-order valence-electron chi connectivity index (χ3n) is 15.5. The highest BCUT2D eigenvalue weighted by atomic mass is 16.5. The molecule has 4 aliphatic heterocycles. The SMILES string of the molecule is CCN1CCc2cc(C3=C([O-])/C(=c4/cc5c(cc4NC(=O)CCC(=O)OC4CC(C)(C)N(C)C(C)(C)C4)=[N+](CC)CC5)C3=O)c(NC(=O)CCC(=N)OC3CC(C)(C)N(C)C(C)(C)C3)cc21. The first-order chi connectivity index (χ1) is 30.8. The highest BCUT2D eigenvalue weighted by Crippen LogP contribution is 2.43. The van der Waals surface area contributed by atoms with Crippen LogP contribution in [0.15, 0.2) is 30.0 Å². The topological polar surface area (TPSA) is 170 Å². The summed E-state index contributed by atoms with van der Waals surface area (Å²) in [6, 6.07) is 7.39. The number of amides is 2. The molecule has 14 nitrogen and oxygen atoms in total. The normalized spacial score (nSPS) is 22.2. The van der Waals surface area contributed by atoms with Crippen LogP contribution in [0.3, 0.4) is 0 Å². The van der Waals surface area contributed by atoms with Crippen LogP contribution in [0.4, 0.5) is 17.1 Å². The van der Waals surface area contributed by atoms with Gasteiger partial charge in [0, 0.05) is 126 Å². The van der Waals surface area contributed by atoms with Gasteiger partial charge in [0.05, 0.1) is 17.8 Å². The van der Waals surface area contributed by atoms with Crippen LogP contribution in [-0.4, -0.2) is 114 Å². The molecule has 0 unspecified atom stereocenters. The van der Waals surface area contributed by atoms with Gasteiger partial charge in [-0.25, -0.2) is 4.58 Å². The van der Waals surface area contributed by atoms with Crippen molar-refractivity contribution >= 4 is 57.7 Å². The Morgan fingerprint density at radius 1 is 0.742 bits per heavy atom. The van der Waals surface area contributed by atoms with E-state index in [1.807, 2.05) is 24.3 Å². The van der Waals surface area contributed by atoms with Crippen molar-refractivity contribution in [2.75, 3.05) is 55.8 Å². The van der Waals surface area contributed by atoms with Gasteiger partial charge < -0.3 is 30.1 Å². The van der Waals surface area contributed by atoms with Gasteiger partial charge in [0.15, 0.2) is 11.7 Å². The molecule has 3 N–H and O–H groups in total. The molecular formula is C52H73N7O7. The van der Waals surface area contributed by atoms with E-state index < -0.39 is 23.4 Å². The van der Waals surface area contributed by atoms with Crippen molar-refractivity contribution in [1.82, 2.24) is 14.4 Å². The van der Waals surface area contributed by atoms with Crippen LogP contribution in [-0.2, 0) is 41.5 Å². The first-order valence-electron chi connectivity index (χ1n) is 24.0. The Bertz CT molecular complexity index is 2470. The number of benzene rings is 2. The Kier molecular flexibility index (Phi) is 13.5. The summed E-state index contributed by atoms with van der Waals surface area (Å²) in [7, 11) is 4.21. The monoisotopic (exact) mass is 908 g/mol. The molecule has 2 saturated heterocycles. The number of Topliss-reactive ketones (excluding diaryl/α,β-unsaturated/α-hetero) is 1. The fourth-order valence-corrected chi connectivity index (χ4v) is 11.3. The number of ketones is 1. The number of ether oxygens (including phenoxy) is 2. The lowest BCUT2D eigenvalue weighted by molar-refractivity contribution is -0.292. The maximum atomic E-state index is 14.5. The summed E-state index contributed by atoms with van der Waals surface area (Å²) in [6.07, 6.45) is 3.77. The molecule has 66 heavy (non-hydrogen) atoms. The van der Waals surface area contributed by atoms with Crippen LogP contribution in [0.25, 0.3) is 11.1 Å². The smallest absolute Gasteiger partial charge is 0.306 e. The highest BCUT2D eigenvalue weighted by molar-refractivity contribution is 6.52. The largest absolute Gasteiger partial charge is 0.871 e. The van der Waals surface area contributed by atoms with E-state index in [0.29, 0.717) is 35.0 Å². The molecule has 0 saturated carbocycles. The molecule has 14 heteroatoms. The van der Waals surface area contributed by atoms with Crippen molar-refractivity contribution in [1.29, 1.82) is 5.41 Å². The number of nitrogens with zero attached hydrogens (tertiary/aromatic N) is 4. The van der Waals surface area contributed by atoms with Gasteiger partial charge in [-0.1, -0.05) is 5.76 Å². The van der Waals surface area contributed by atoms with Crippen molar-refractivity contribution in [3.05, 3.63) is 57.3 Å². The Hall–Kier alpha value is -5.08. The third kappa shape index (κ3) is 9.68. The van der Waals surface area contributed by atoms with Crippen molar-refractivity contribution in [2.45, 2.75) is 168 Å². The van der Waals surface area contributed by atoms with E-state index in [2.05, 4.69) is 113 Å². The van der Waals surface area contributed by atoms with Crippen molar-refractivity contribution in [3.8, 4) is 0 Å². The predicted molar refractivity (Wildman–Crippen MR) is 258 cm³/mol. The number of hydrogen-bond donors (Lipinski definition) is 3. The van der Waals surface area contributed by atoms with Crippen molar-refractivity contribution in [3.63, 3.8) is 0 Å². The first-order valence-corrected chi connectivity index (χ1v) is 24.0. The molecule has 2 aromatic rings. The summed E-state index contributed by atoms with van der Waals surface area (Å²) >= 11 is 0. The maximum Gasteiger partial charge on any atom is 0.306 e. The number of piperidine rings is 2. The van der Waals surface area contributed by atoms with E-state index in [0.717, 1.165) is 74.0 Å². The molecule has 5 aliphatic rings. The number of rotatable bonds is 13. The molecule has 0 aromatic heterocycles. The van der Waals surface area contributed by atoms with Crippen LogP contribution >= 0.6 is 0 Å². The van der Waals surface area contributed by atoms with Gasteiger partial charge in [0.1, 0.15) is 25.3 Å². The molecular weight excluding hydrogens is 835 g/mol. The summed E-state index contributed by atoms with van der Waals surface area (Å²) in [5.41, 5.74) is 3.36. The van der Waals surface area contributed by atoms with Crippen LogP contribution in [0, 0.1) is 5.41 Å². The molecule has 7 rings (SSSR count). The minimum absolute atomic E-state index is 0.0138. The molecule has 2 fully saturated rings. The number of carbonyl (C=O) groups is 4. The number of allylic oxidation sites excluding steroid dienone is 2. The lowest BCUT2D eigenvalue weighted by atomic mass is 9.78. The van der Waals surface area contributed by atoms with E-state index in [-0.39, 0.29) is 83.0 Å². The maximum absolute atomic E-state index is 14.5. The van der Waals surface area contributed by atoms with Crippen LogP contribution in [0.2, 0.25) is 0 Å². The fraction of sp³-hybridized carbons (Fsp3) is 0.615. The number of likely N-dealkylation sites (tertiary alicyclic amines) is 2. The number of fused-ring (bicyclic) bond motifs is 2. The number of nitrogens with one attached hydrogen (secondary N) is 3. The van der Waals surface area contributed by atoms with E-state index in [9.17, 15) is 24.3 Å². The van der Waals surface area contributed by atoms with Crippen molar-refractivity contribution < 1.29 is 33.8 Å². The fourth-order valence-electron chi connectivity index (χ4n) is 11.3. The molecule has 1 aliphatic carbocycles. The zero-order valence-corrected chi connectivity index (χ0v) is 41.5. The van der Waals surface area contributed by atoms with Crippen molar-refractivity contribution in [2.24, 2.45) is 0 Å². The van der Waals surface area contributed by atoms with E-state index in [4.69, 9.17) is 14.9 Å². The summed E-state index contributed by atoms with van der Waals surface area (Å²) in [4.78, 5) is 61.7. The standard InChI is InChI=1S/C52H73N7O7/c1-13-58-21-19-31-23-35(37(25-39(31)58)54-42(60)16-15-41(53)65-33-27-49(3,4)56(11)50(5,6)28-33)45-47(63)46(48(45)64)36-24-32-20-22-59(14-2)40(32)26-38(36)55-43(61)17-18-44(62)66-34-29-51(7,8)57(12)52(9,10)30-34/h23-26,33-34,53H,13-22,27-30H2,1-12H3,(H2,54,55,60,61,63,64). The van der Waals surface area contributed by atoms with E-state index >= 15 is 0 Å². The minimum atomic E-state index is -0.465. The molecule has 0 spiro atoms. The zero-order valence-electron chi connectivity index (χ0n) is 41.5. The number of carbonyl (C=O) groups excluding carboxylic acids is 4. The Labute approximate surface area is 391 Å². The summed E-state index contributed by atoms with van der Waals surface area (Å²) in [5.74, 6) is -2.10. The summed E-state index contributed by atoms with van der Waals surface area (Å²) in [6.45, 7) is 24.4. The Morgan fingerprint density at radius 3 is 1.86 bits per heavy atom. The lowest BCUT2D eigenvalue weighted by Crippen LogP contribution is -2.60. The van der Waals surface area contributed by atoms with E-state index in [1.165, 1.54) is 0 Å².